The molecule has 4 radical (unpaired) electrons. The second kappa shape index (κ2) is 8.64. The van der Waals surface area contributed by atoms with Crippen molar-refractivity contribution in [2.75, 3.05) is 26.2 Å². The largest absolute Gasteiger partial charge is 0.416 e. The van der Waals surface area contributed by atoms with E-state index >= 15 is 0 Å². The van der Waals surface area contributed by atoms with Gasteiger partial charge in [0.2, 0.25) is 14.7 Å². The third-order valence-electron chi connectivity index (χ3n) is 6.01. The summed E-state index contributed by atoms with van der Waals surface area (Å²) in [5, 5.41) is 8.30. The Labute approximate surface area is 206 Å². The second-order valence-electron chi connectivity index (χ2n) is 7.84. The normalized spacial score (nSPS) is 22.9. The topological polar surface area (TPSA) is 68.4 Å². The standard InChI is InChI=1S/C22H21F3N4O2S.Sn/c23-22(24,25)17-4-3-5-18(14-17)32(30,31)21-8-2-1-6-19(21)20-16(7-9-27-20)15-29(21)28-12-10-26-11-13-28;/h1-9,14-15,26-27H,10-13H2;. The molecule has 2 aliphatic heterocycles. The number of rotatable bonds is 3. The number of fused-ring (bicyclic) bond motifs is 2. The van der Waals surface area contributed by atoms with Crippen molar-refractivity contribution in [1.29, 1.82) is 0 Å². The Morgan fingerprint density at radius 3 is 2.55 bits per heavy atom. The van der Waals surface area contributed by atoms with Crippen LogP contribution in [0.25, 0.3) is 11.8 Å². The number of sulfone groups is 1. The van der Waals surface area contributed by atoms with Crippen LogP contribution in [0.4, 0.5) is 13.2 Å². The first-order valence-corrected chi connectivity index (χ1v) is 11.7. The van der Waals surface area contributed by atoms with Gasteiger partial charge < -0.3 is 10.3 Å². The third kappa shape index (κ3) is 3.76. The van der Waals surface area contributed by atoms with Gasteiger partial charge in [-0.2, -0.15) is 13.2 Å². The van der Waals surface area contributed by atoms with Gasteiger partial charge in [-0.15, -0.1) is 0 Å². The molecule has 0 amide bonds. The fourth-order valence-electron chi connectivity index (χ4n) is 4.50. The first kappa shape index (κ1) is 24.1. The van der Waals surface area contributed by atoms with Crippen molar-refractivity contribution in [2.45, 2.75) is 15.9 Å². The fraction of sp³-hybridized carbons (Fsp3) is 0.273. The van der Waals surface area contributed by atoms with E-state index in [-0.39, 0.29) is 28.8 Å². The smallest absolute Gasteiger partial charge is 0.361 e. The second-order valence-corrected chi connectivity index (χ2v) is 9.94. The predicted octanol–water partition coefficient (Wildman–Crippen LogP) is 0.973. The van der Waals surface area contributed by atoms with Crippen molar-refractivity contribution in [2.24, 2.45) is 0 Å². The Morgan fingerprint density at radius 1 is 1.06 bits per heavy atom. The van der Waals surface area contributed by atoms with E-state index in [2.05, 4.69) is 10.3 Å². The Balaban J connectivity index is 0.00000259. The van der Waals surface area contributed by atoms with Crippen LogP contribution in [0.2, 0.25) is 0 Å². The molecule has 1 aromatic carbocycles. The molecule has 1 aromatic heterocycles. The van der Waals surface area contributed by atoms with Crippen molar-refractivity contribution in [3.05, 3.63) is 77.0 Å². The Bertz CT molecular complexity index is 1340. The zero-order valence-electron chi connectivity index (χ0n) is 17.4. The molecule has 1 saturated heterocycles. The summed E-state index contributed by atoms with van der Waals surface area (Å²) in [7, 11) is -4.35. The molecular weight excluding hydrogens is 560 g/mol. The molecule has 172 valence electrons. The quantitative estimate of drug-likeness (QED) is 0.530. The Kier molecular flexibility index (Phi) is 6.31. The molecular formula is C22H21F3N4O2SSn. The van der Waals surface area contributed by atoms with Crippen LogP contribution in [0.1, 0.15) is 5.56 Å². The van der Waals surface area contributed by atoms with E-state index in [0.29, 0.717) is 43.2 Å². The molecule has 6 nitrogen and oxygen atoms in total. The minimum Gasteiger partial charge on any atom is -0.361 e. The summed E-state index contributed by atoms with van der Waals surface area (Å²) < 4.78 is 68.6. The van der Waals surface area contributed by atoms with Gasteiger partial charge in [-0.05, 0) is 30.3 Å². The molecule has 1 aliphatic carbocycles. The molecule has 2 aromatic rings. The van der Waals surface area contributed by atoms with Crippen LogP contribution >= 0.6 is 0 Å². The third-order valence-corrected chi connectivity index (χ3v) is 8.25. The average molecular weight is 581 g/mol. The van der Waals surface area contributed by atoms with Crippen LogP contribution in [0, 0.1) is 0 Å². The van der Waals surface area contributed by atoms with Gasteiger partial charge in [-0.3, -0.25) is 5.01 Å². The summed E-state index contributed by atoms with van der Waals surface area (Å²) in [6.07, 6.45) is 5.47. The number of alkyl halides is 3. The number of aromatic nitrogens is 1. The van der Waals surface area contributed by atoms with Crippen LogP contribution < -0.4 is 15.9 Å². The summed E-state index contributed by atoms with van der Waals surface area (Å²) in [4.78, 5) is 1.01. The summed E-state index contributed by atoms with van der Waals surface area (Å²) >= 11 is 0. The maximum Gasteiger partial charge on any atom is 0.416 e. The van der Waals surface area contributed by atoms with E-state index in [1.165, 1.54) is 6.07 Å². The number of hydrogen-bond donors (Lipinski definition) is 2. The maximum atomic E-state index is 14.2. The number of benzene rings is 1. The van der Waals surface area contributed by atoms with E-state index in [1.54, 1.807) is 41.7 Å². The molecule has 5 rings (SSSR count). The summed E-state index contributed by atoms with van der Waals surface area (Å²) in [6, 6.07) is 5.81. The zero-order chi connectivity index (χ0) is 22.6. The number of aromatic amines is 1. The van der Waals surface area contributed by atoms with Crippen LogP contribution in [0.15, 0.2) is 65.7 Å². The van der Waals surface area contributed by atoms with Crippen LogP contribution in [-0.4, -0.2) is 78.4 Å². The number of nitrogens with one attached hydrogen (secondary N) is 2. The van der Waals surface area contributed by atoms with E-state index in [1.807, 2.05) is 11.1 Å². The van der Waals surface area contributed by atoms with Gasteiger partial charge in [0.15, 0.2) is 0 Å². The van der Waals surface area contributed by atoms with Crippen molar-refractivity contribution < 1.29 is 21.6 Å². The Hall–Kier alpha value is -2.02. The maximum absolute atomic E-state index is 14.2. The fourth-order valence-corrected chi connectivity index (χ4v) is 6.53. The molecule has 11 heteroatoms. The molecule has 3 aliphatic rings. The van der Waals surface area contributed by atoms with E-state index < -0.39 is 26.4 Å². The van der Waals surface area contributed by atoms with Crippen LogP contribution in [-0.2, 0) is 16.0 Å². The van der Waals surface area contributed by atoms with Gasteiger partial charge in [-0.25, -0.2) is 13.4 Å². The van der Waals surface area contributed by atoms with Crippen molar-refractivity contribution in [1.82, 2.24) is 20.3 Å². The molecule has 3 heterocycles. The molecule has 1 atom stereocenters. The van der Waals surface area contributed by atoms with E-state index in [9.17, 15) is 21.6 Å². The molecule has 0 saturated carbocycles. The summed E-state index contributed by atoms with van der Waals surface area (Å²) in [5.41, 5.74) is -0.528. The number of hydrogen-bond acceptors (Lipinski definition) is 5. The number of hydrazine groups is 1. The van der Waals surface area contributed by atoms with Crippen molar-refractivity contribution in [3.63, 3.8) is 0 Å². The summed E-state index contributed by atoms with van der Waals surface area (Å²) in [6.45, 7) is 2.44. The molecule has 0 bridgehead atoms. The van der Waals surface area contributed by atoms with Gasteiger partial charge >= 0.3 is 6.18 Å². The molecule has 1 unspecified atom stereocenters. The van der Waals surface area contributed by atoms with Gasteiger partial charge in [-0.1, -0.05) is 24.3 Å². The number of allylic oxidation sites excluding steroid dienone is 2. The number of H-pyrrole nitrogens is 1. The minimum atomic E-state index is -4.65. The summed E-state index contributed by atoms with van der Waals surface area (Å²) in [5.74, 6) is 0. The Morgan fingerprint density at radius 2 is 1.82 bits per heavy atom. The van der Waals surface area contributed by atoms with E-state index in [0.717, 1.165) is 17.4 Å². The van der Waals surface area contributed by atoms with Gasteiger partial charge in [0.25, 0.3) is 0 Å². The van der Waals surface area contributed by atoms with Crippen molar-refractivity contribution in [3.8, 4) is 0 Å². The first-order valence-electron chi connectivity index (χ1n) is 10.2. The predicted molar refractivity (Wildman–Crippen MR) is 120 cm³/mol. The van der Waals surface area contributed by atoms with Gasteiger partial charge in [0.1, 0.15) is 0 Å². The van der Waals surface area contributed by atoms with Crippen LogP contribution in [0.3, 0.4) is 0 Å². The van der Waals surface area contributed by atoms with Crippen LogP contribution in [0.5, 0.6) is 0 Å². The number of piperazine rings is 1. The zero-order valence-corrected chi connectivity index (χ0v) is 21.1. The molecule has 0 spiro atoms. The number of halogens is 3. The van der Waals surface area contributed by atoms with Gasteiger partial charge in [0.05, 0.1) is 15.8 Å². The monoisotopic (exact) mass is 582 g/mol. The van der Waals surface area contributed by atoms with Crippen molar-refractivity contribution >= 4 is 45.5 Å². The number of nitrogens with zero attached hydrogens (tertiary/aromatic N) is 2. The minimum absolute atomic E-state index is 0. The molecule has 2 N–H and O–H groups in total. The van der Waals surface area contributed by atoms with E-state index in [4.69, 9.17) is 0 Å². The molecule has 33 heavy (non-hydrogen) atoms. The SMILES string of the molecule is O=S(=O)(c1cccc(C(F)(F)F)c1)C12C=CC=CC1=c1[nH]ccc1=CN2N1CCNCC1.[Sn]. The average Bonchev–Trinajstić information content (AvgIpc) is 3.27. The first-order chi connectivity index (χ1) is 15.2. The molecule has 1 fully saturated rings. The van der Waals surface area contributed by atoms with Gasteiger partial charge in [0, 0.05) is 73.3 Å².